The summed E-state index contributed by atoms with van der Waals surface area (Å²) in [6.45, 7) is 6.48. The third-order valence-electron chi connectivity index (χ3n) is 7.91. The van der Waals surface area contributed by atoms with E-state index in [0.717, 1.165) is 24.7 Å². The lowest BCUT2D eigenvalue weighted by Crippen LogP contribution is -2.54. The Morgan fingerprint density at radius 1 is 1.21 bits per heavy atom. The van der Waals surface area contributed by atoms with Crippen LogP contribution in [0.2, 0.25) is 0 Å². The van der Waals surface area contributed by atoms with Gasteiger partial charge in [0.05, 0.1) is 0 Å². The van der Waals surface area contributed by atoms with Crippen molar-refractivity contribution in [2.24, 2.45) is 28.6 Å². The van der Waals surface area contributed by atoms with Crippen molar-refractivity contribution in [2.45, 2.75) is 71.8 Å². The summed E-state index contributed by atoms with van der Waals surface area (Å²) in [5.41, 5.74) is 2.06. The van der Waals surface area contributed by atoms with Gasteiger partial charge < -0.3 is 4.74 Å². The van der Waals surface area contributed by atoms with E-state index in [9.17, 15) is 4.79 Å². The number of hydrogen-bond donors (Lipinski definition) is 0. The molecule has 0 saturated heterocycles. The molecule has 0 aromatic rings. The molecular weight excluding hydrogens is 411 g/mol. The smallest absolute Gasteiger partial charge is 0.302 e. The molecule has 2 saturated carbocycles. The molecule has 0 amide bonds. The van der Waals surface area contributed by atoms with E-state index in [1.54, 1.807) is 16.1 Å². The van der Waals surface area contributed by atoms with Crippen LogP contribution in [0.15, 0.2) is 21.3 Å². The molecule has 0 N–H and O–H groups in total. The van der Waals surface area contributed by atoms with E-state index in [-0.39, 0.29) is 17.5 Å². The van der Waals surface area contributed by atoms with Gasteiger partial charge in [-0.1, -0.05) is 31.6 Å². The lowest BCUT2D eigenvalue weighted by atomic mass is 9.47. The monoisotopic (exact) mass is 440 g/mol. The zero-order valence-corrected chi connectivity index (χ0v) is 17.3. The Morgan fingerprint density at radius 2 is 2.00 bits per heavy atom. The second-order valence-electron chi connectivity index (χ2n) is 8.86. The molecule has 0 spiro atoms. The van der Waals surface area contributed by atoms with Gasteiger partial charge in [-0.25, -0.2) is 0 Å². The maximum atomic E-state index is 11.7. The number of allylic oxidation sites excluding steroid dienone is 3. The van der Waals surface area contributed by atoms with Crippen molar-refractivity contribution in [2.75, 3.05) is 0 Å². The van der Waals surface area contributed by atoms with Crippen molar-refractivity contribution in [3.05, 3.63) is 21.3 Å². The van der Waals surface area contributed by atoms with Gasteiger partial charge in [-0.15, -0.1) is 0 Å². The molecular formula is C21H29IO2. The van der Waals surface area contributed by atoms with Gasteiger partial charge in [-0.3, -0.25) is 4.79 Å². The fraction of sp³-hybridized carbons (Fsp3) is 0.762. The minimum atomic E-state index is -0.109. The van der Waals surface area contributed by atoms with Gasteiger partial charge >= 0.3 is 5.97 Å². The molecule has 0 bridgehead atoms. The van der Waals surface area contributed by atoms with E-state index >= 15 is 0 Å². The van der Waals surface area contributed by atoms with Crippen molar-refractivity contribution >= 4 is 28.6 Å². The molecule has 3 heteroatoms. The van der Waals surface area contributed by atoms with Crippen LogP contribution in [0.4, 0.5) is 0 Å². The maximum absolute atomic E-state index is 11.7. The first-order valence-corrected chi connectivity index (χ1v) is 10.7. The maximum Gasteiger partial charge on any atom is 0.302 e. The van der Waals surface area contributed by atoms with Crippen LogP contribution in [-0.2, 0) is 9.53 Å². The van der Waals surface area contributed by atoms with Crippen LogP contribution in [0.3, 0.4) is 0 Å². The molecule has 132 valence electrons. The number of carbonyl (C=O) groups is 1. The Morgan fingerprint density at radius 3 is 2.75 bits per heavy atom. The first-order chi connectivity index (χ1) is 11.4. The molecule has 4 aliphatic rings. The molecule has 0 aliphatic heterocycles. The zero-order chi connectivity index (χ0) is 17.1. The third-order valence-corrected chi connectivity index (χ3v) is 9.58. The molecule has 4 aliphatic carbocycles. The average molecular weight is 440 g/mol. The van der Waals surface area contributed by atoms with Crippen molar-refractivity contribution in [3.63, 3.8) is 0 Å². The molecule has 1 unspecified atom stereocenters. The molecule has 0 aromatic heterocycles. The Balaban J connectivity index is 1.70. The second-order valence-corrected chi connectivity index (χ2v) is 10.0. The molecule has 0 radical (unpaired) electrons. The minimum Gasteiger partial charge on any atom is -0.462 e. The Labute approximate surface area is 159 Å². The predicted molar refractivity (Wildman–Crippen MR) is 105 cm³/mol. The fourth-order valence-electron chi connectivity index (χ4n) is 6.59. The number of carbonyl (C=O) groups excluding carboxylic acids is 1. The highest BCUT2D eigenvalue weighted by molar-refractivity contribution is 14.1. The quantitative estimate of drug-likeness (QED) is 0.292. The summed E-state index contributed by atoms with van der Waals surface area (Å²) in [7, 11) is 0. The van der Waals surface area contributed by atoms with Gasteiger partial charge in [0, 0.05) is 17.8 Å². The standard InChI is InChI=1S/C21H29IO2/c1-13(23)24-19-6-4-5-14-7-8-15-16-9-10-18(22)20(16,2)12-11-17(15)21(14,19)3/h7,10,15-17,19H,4-6,8-9,11-12H2,1-3H3/t15-,16-,17-,19?,20-,21-/m0/s1. The van der Waals surface area contributed by atoms with Crippen LogP contribution in [0.1, 0.15) is 65.7 Å². The van der Waals surface area contributed by atoms with Crippen LogP contribution in [0.5, 0.6) is 0 Å². The van der Waals surface area contributed by atoms with E-state index in [0.29, 0.717) is 11.3 Å². The van der Waals surface area contributed by atoms with E-state index in [2.05, 4.69) is 48.6 Å². The Hall–Kier alpha value is -0.320. The molecule has 0 aromatic carbocycles. The van der Waals surface area contributed by atoms with E-state index < -0.39 is 0 Å². The zero-order valence-electron chi connectivity index (χ0n) is 15.1. The lowest BCUT2D eigenvalue weighted by molar-refractivity contribution is -0.161. The highest BCUT2D eigenvalue weighted by Crippen LogP contribution is 2.66. The van der Waals surface area contributed by atoms with Gasteiger partial charge in [-0.05, 0) is 88.9 Å². The number of esters is 1. The van der Waals surface area contributed by atoms with E-state index in [4.69, 9.17) is 4.74 Å². The van der Waals surface area contributed by atoms with Crippen LogP contribution in [0, 0.1) is 28.6 Å². The highest BCUT2D eigenvalue weighted by atomic mass is 127. The topological polar surface area (TPSA) is 26.3 Å². The second kappa shape index (κ2) is 5.85. The van der Waals surface area contributed by atoms with Crippen molar-refractivity contribution in [1.29, 1.82) is 0 Å². The van der Waals surface area contributed by atoms with Crippen LogP contribution in [0.25, 0.3) is 0 Å². The van der Waals surface area contributed by atoms with Crippen molar-refractivity contribution in [1.82, 2.24) is 0 Å². The summed E-state index contributed by atoms with van der Waals surface area (Å²) in [6.07, 6.45) is 13.6. The highest BCUT2D eigenvalue weighted by Gasteiger charge is 2.58. The van der Waals surface area contributed by atoms with Crippen LogP contribution < -0.4 is 0 Å². The molecule has 2 fully saturated rings. The van der Waals surface area contributed by atoms with E-state index in [1.807, 2.05) is 0 Å². The average Bonchev–Trinajstić information content (AvgIpc) is 2.83. The minimum absolute atomic E-state index is 0.0716. The molecule has 0 heterocycles. The van der Waals surface area contributed by atoms with Gasteiger partial charge in [0.1, 0.15) is 6.10 Å². The number of rotatable bonds is 1. The summed E-state index contributed by atoms with van der Waals surface area (Å²) in [6, 6.07) is 0. The first-order valence-electron chi connectivity index (χ1n) is 9.60. The molecule has 6 atom stereocenters. The summed E-state index contributed by atoms with van der Waals surface area (Å²) in [4.78, 5) is 11.7. The molecule has 4 rings (SSSR count). The number of hydrogen-bond acceptors (Lipinski definition) is 2. The fourth-order valence-corrected chi connectivity index (χ4v) is 7.51. The number of ether oxygens (including phenoxy) is 1. The van der Waals surface area contributed by atoms with E-state index in [1.165, 1.54) is 32.1 Å². The van der Waals surface area contributed by atoms with Gasteiger partial charge in [0.25, 0.3) is 0 Å². The Kier molecular flexibility index (Phi) is 4.17. The molecule has 24 heavy (non-hydrogen) atoms. The normalized spacial score (nSPS) is 47.0. The Bertz CT molecular complexity index is 621. The largest absolute Gasteiger partial charge is 0.462 e. The summed E-state index contributed by atoms with van der Waals surface area (Å²) < 4.78 is 7.46. The third kappa shape index (κ3) is 2.29. The predicted octanol–water partition coefficient (Wildman–Crippen LogP) is 5.81. The van der Waals surface area contributed by atoms with Gasteiger partial charge in [0.2, 0.25) is 0 Å². The van der Waals surface area contributed by atoms with Crippen molar-refractivity contribution < 1.29 is 9.53 Å². The lowest BCUT2D eigenvalue weighted by Gasteiger charge is -2.58. The summed E-state index contributed by atoms with van der Waals surface area (Å²) in [5.74, 6) is 2.09. The summed E-state index contributed by atoms with van der Waals surface area (Å²) in [5, 5.41) is 0. The number of fused-ring (bicyclic) bond motifs is 5. The van der Waals surface area contributed by atoms with Crippen LogP contribution >= 0.6 is 22.6 Å². The van der Waals surface area contributed by atoms with Crippen molar-refractivity contribution in [3.8, 4) is 0 Å². The SMILES string of the molecule is CC(=O)OC1CCCC2=CC[C@H]3[C@@H]4CC=C(I)[C@@]4(C)CC[C@@H]3[C@]21C. The molecule has 2 nitrogen and oxygen atoms in total. The van der Waals surface area contributed by atoms with Gasteiger partial charge in [-0.2, -0.15) is 0 Å². The van der Waals surface area contributed by atoms with Gasteiger partial charge in [0.15, 0.2) is 0 Å². The number of halogens is 1. The van der Waals surface area contributed by atoms with Crippen LogP contribution in [-0.4, -0.2) is 12.1 Å². The first kappa shape index (κ1) is 17.1. The summed E-state index contributed by atoms with van der Waals surface area (Å²) >= 11 is 2.58.